The van der Waals surface area contributed by atoms with E-state index in [-0.39, 0.29) is 0 Å². The summed E-state index contributed by atoms with van der Waals surface area (Å²) >= 11 is 5.84. The van der Waals surface area contributed by atoms with Gasteiger partial charge in [-0.1, -0.05) is 6.07 Å². The van der Waals surface area contributed by atoms with Crippen LogP contribution in [0.2, 0.25) is 0 Å². The van der Waals surface area contributed by atoms with E-state index in [1.54, 1.807) is 13.3 Å². The van der Waals surface area contributed by atoms with Gasteiger partial charge in [-0.15, -0.1) is 0 Å². The van der Waals surface area contributed by atoms with Crippen molar-refractivity contribution in [3.05, 3.63) is 83.8 Å². The van der Waals surface area contributed by atoms with Crippen molar-refractivity contribution < 1.29 is 9.47 Å². The first-order valence-electron chi connectivity index (χ1n) is 11.4. The molecule has 0 spiro atoms. The van der Waals surface area contributed by atoms with Gasteiger partial charge in [0.05, 0.1) is 13.7 Å². The molecule has 0 saturated carbocycles. The third kappa shape index (κ3) is 5.66. The van der Waals surface area contributed by atoms with Crippen LogP contribution in [0.25, 0.3) is 10.9 Å². The first-order valence-corrected chi connectivity index (χ1v) is 11.8. The number of fused-ring (bicyclic) bond motifs is 1. The number of benzene rings is 2. The van der Waals surface area contributed by atoms with Crippen molar-refractivity contribution >= 4 is 33.9 Å². The number of nitrogens with zero attached hydrogens (tertiary/aromatic N) is 2. The Balaban J connectivity index is 1.53. The van der Waals surface area contributed by atoms with Crippen LogP contribution in [-0.2, 0) is 13.0 Å². The van der Waals surface area contributed by atoms with Crippen LogP contribution in [0.15, 0.2) is 67.0 Å². The lowest BCUT2D eigenvalue weighted by Gasteiger charge is -2.26. The van der Waals surface area contributed by atoms with Crippen molar-refractivity contribution in [1.29, 1.82) is 0 Å². The fourth-order valence-electron chi connectivity index (χ4n) is 4.03. The van der Waals surface area contributed by atoms with E-state index in [0.29, 0.717) is 18.3 Å². The molecule has 0 fully saturated rings. The number of aromatic amines is 1. The second-order valence-electron chi connectivity index (χ2n) is 8.06. The molecular weight excluding hydrogens is 444 g/mol. The smallest absolute Gasteiger partial charge is 0.173 e. The van der Waals surface area contributed by atoms with Crippen LogP contribution in [0.3, 0.4) is 0 Å². The number of nitrogens with one attached hydrogen (secondary N) is 2. The number of anilines is 1. The second-order valence-corrected chi connectivity index (χ2v) is 8.45. The molecule has 0 radical (unpaired) electrons. The van der Waals surface area contributed by atoms with Gasteiger partial charge in [-0.2, -0.15) is 0 Å². The fourth-order valence-corrected chi connectivity index (χ4v) is 4.30. The molecule has 34 heavy (non-hydrogen) atoms. The number of H-pyrrole nitrogens is 1. The van der Waals surface area contributed by atoms with Crippen LogP contribution in [0.4, 0.5) is 5.69 Å². The highest BCUT2D eigenvalue weighted by atomic mass is 32.1. The van der Waals surface area contributed by atoms with Gasteiger partial charge in [0.2, 0.25) is 0 Å². The molecule has 6 nitrogen and oxygen atoms in total. The summed E-state index contributed by atoms with van der Waals surface area (Å²) in [7, 11) is 1.70. The van der Waals surface area contributed by atoms with Gasteiger partial charge in [0.1, 0.15) is 11.5 Å². The summed E-state index contributed by atoms with van der Waals surface area (Å²) < 4.78 is 11.0. The summed E-state index contributed by atoms with van der Waals surface area (Å²) in [5, 5.41) is 5.24. The van der Waals surface area contributed by atoms with E-state index in [4.69, 9.17) is 21.7 Å². The molecule has 0 saturated heterocycles. The third-order valence-electron chi connectivity index (χ3n) is 5.76. The predicted octanol–water partition coefficient (Wildman–Crippen LogP) is 5.72. The van der Waals surface area contributed by atoms with Gasteiger partial charge in [0, 0.05) is 47.8 Å². The Morgan fingerprint density at radius 2 is 1.91 bits per heavy atom. The number of aryl methyl sites for hydroxylation is 1. The van der Waals surface area contributed by atoms with Crippen LogP contribution in [0, 0.1) is 6.92 Å². The quantitative estimate of drug-likeness (QED) is 0.303. The zero-order valence-electron chi connectivity index (χ0n) is 19.8. The van der Waals surface area contributed by atoms with Gasteiger partial charge in [0.25, 0.3) is 0 Å². The van der Waals surface area contributed by atoms with E-state index >= 15 is 0 Å². The number of hydrogen-bond acceptors (Lipinski definition) is 4. The summed E-state index contributed by atoms with van der Waals surface area (Å²) in [4.78, 5) is 9.94. The molecule has 2 N–H and O–H groups in total. The van der Waals surface area contributed by atoms with Gasteiger partial charge in [-0.3, -0.25) is 4.98 Å². The number of ether oxygens (including phenoxy) is 2. The van der Waals surface area contributed by atoms with Crippen LogP contribution in [0.1, 0.15) is 23.7 Å². The molecule has 0 bridgehead atoms. The van der Waals surface area contributed by atoms with E-state index in [0.717, 1.165) is 46.9 Å². The summed E-state index contributed by atoms with van der Waals surface area (Å²) in [6, 6.07) is 18.0. The molecule has 0 aliphatic carbocycles. The first-order chi connectivity index (χ1) is 16.6. The average molecular weight is 475 g/mol. The molecule has 0 atom stereocenters. The molecule has 4 rings (SSSR count). The SMILES string of the molecule is CCOc1ccc(NC(=S)N(CCc2c(C)[nH]c3ccc(OC)cc23)Cc2cccnc2)cc1. The normalized spacial score (nSPS) is 10.8. The van der Waals surface area contributed by atoms with Crippen LogP contribution < -0.4 is 14.8 Å². The van der Waals surface area contributed by atoms with Crippen molar-refractivity contribution in [2.75, 3.05) is 25.6 Å². The average Bonchev–Trinajstić information content (AvgIpc) is 3.17. The molecule has 0 unspecified atom stereocenters. The highest BCUT2D eigenvalue weighted by Crippen LogP contribution is 2.27. The molecular formula is C27H30N4O2S. The lowest BCUT2D eigenvalue weighted by Crippen LogP contribution is -2.36. The molecule has 176 valence electrons. The number of pyridine rings is 1. The lowest BCUT2D eigenvalue weighted by molar-refractivity contribution is 0.340. The predicted molar refractivity (Wildman–Crippen MR) is 142 cm³/mol. The van der Waals surface area contributed by atoms with Crippen molar-refractivity contribution in [1.82, 2.24) is 14.9 Å². The topological polar surface area (TPSA) is 62.4 Å². The molecule has 2 aromatic heterocycles. The van der Waals surface area contributed by atoms with Crippen LogP contribution in [0.5, 0.6) is 11.5 Å². The molecule has 7 heteroatoms. The number of thiocarbonyl (C=S) groups is 1. The van der Waals surface area contributed by atoms with E-state index in [1.165, 1.54) is 10.9 Å². The van der Waals surface area contributed by atoms with Crippen molar-refractivity contribution in [2.24, 2.45) is 0 Å². The summed E-state index contributed by atoms with van der Waals surface area (Å²) in [5.74, 6) is 1.70. The fraction of sp³-hybridized carbons (Fsp3) is 0.259. The Hall–Kier alpha value is -3.58. The van der Waals surface area contributed by atoms with Gasteiger partial charge in [-0.05, 0) is 92.1 Å². The Kier molecular flexibility index (Phi) is 7.65. The van der Waals surface area contributed by atoms with Gasteiger partial charge in [0.15, 0.2) is 5.11 Å². The highest BCUT2D eigenvalue weighted by Gasteiger charge is 2.15. The number of aromatic nitrogens is 2. The van der Waals surface area contributed by atoms with Crippen LogP contribution in [-0.4, -0.2) is 40.2 Å². The second kappa shape index (κ2) is 11.0. The maximum atomic E-state index is 5.84. The lowest BCUT2D eigenvalue weighted by atomic mass is 10.1. The molecule has 2 heterocycles. The molecule has 4 aromatic rings. The maximum Gasteiger partial charge on any atom is 0.173 e. The largest absolute Gasteiger partial charge is 0.497 e. The number of hydrogen-bond donors (Lipinski definition) is 2. The monoisotopic (exact) mass is 474 g/mol. The first kappa shape index (κ1) is 23.6. The van der Waals surface area contributed by atoms with Crippen molar-refractivity contribution in [3.63, 3.8) is 0 Å². The zero-order chi connectivity index (χ0) is 23.9. The highest BCUT2D eigenvalue weighted by molar-refractivity contribution is 7.80. The van der Waals surface area contributed by atoms with Gasteiger partial charge in [-0.25, -0.2) is 0 Å². The Labute approximate surface area is 205 Å². The molecule has 0 aliphatic rings. The zero-order valence-corrected chi connectivity index (χ0v) is 20.6. The Bertz CT molecular complexity index is 1240. The van der Waals surface area contributed by atoms with Crippen molar-refractivity contribution in [3.8, 4) is 11.5 Å². The van der Waals surface area contributed by atoms with E-state index < -0.39 is 0 Å². The molecule has 0 amide bonds. The maximum absolute atomic E-state index is 5.84. The van der Waals surface area contributed by atoms with Crippen molar-refractivity contribution in [2.45, 2.75) is 26.8 Å². The minimum Gasteiger partial charge on any atom is -0.497 e. The van der Waals surface area contributed by atoms with Gasteiger partial charge < -0.3 is 24.7 Å². The Morgan fingerprint density at radius 1 is 1.12 bits per heavy atom. The minimum absolute atomic E-state index is 0.642. The minimum atomic E-state index is 0.642. The van der Waals surface area contributed by atoms with Crippen LogP contribution >= 0.6 is 12.2 Å². The summed E-state index contributed by atoms with van der Waals surface area (Å²) in [5.41, 5.74) is 5.58. The summed E-state index contributed by atoms with van der Waals surface area (Å²) in [6.45, 7) is 6.15. The van der Waals surface area contributed by atoms with Gasteiger partial charge >= 0.3 is 0 Å². The molecule has 0 aliphatic heterocycles. The standard InChI is InChI=1S/C27H30N4O2S/c1-4-33-22-9-7-21(8-10-22)30-27(34)31(18-20-6-5-14-28-17-20)15-13-24-19(2)29-26-12-11-23(32-3)16-25(24)26/h5-12,14,16-17,29H,4,13,15,18H2,1-3H3,(H,30,34). The van der Waals surface area contributed by atoms with E-state index in [1.807, 2.05) is 49.5 Å². The Morgan fingerprint density at radius 3 is 2.62 bits per heavy atom. The van der Waals surface area contributed by atoms with E-state index in [2.05, 4.69) is 45.3 Å². The van der Waals surface area contributed by atoms with E-state index in [9.17, 15) is 0 Å². The number of rotatable bonds is 9. The summed E-state index contributed by atoms with van der Waals surface area (Å²) in [6.07, 6.45) is 4.51. The number of methoxy groups -OCH3 is 1. The third-order valence-corrected chi connectivity index (χ3v) is 6.12. The molecule has 2 aromatic carbocycles.